The molecule has 0 aliphatic rings. The number of aryl methyl sites for hydroxylation is 1. The molecular weight excluding hydrogens is 290 g/mol. The molecule has 0 unspecified atom stereocenters. The summed E-state index contributed by atoms with van der Waals surface area (Å²) in [5, 5.41) is 13.5. The van der Waals surface area contributed by atoms with Gasteiger partial charge in [0, 0.05) is 10.2 Å². The minimum atomic E-state index is 0.636. The van der Waals surface area contributed by atoms with Crippen molar-refractivity contribution in [1.29, 1.82) is 5.26 Å². The van der Waals surface area contributed by atoms with Gasteiger partial charge < -0.3 is 0 Å². The average molecular weight is 304 g/mol. The minimum absolute atomic E-state index is 0.636. The van der Waals surface area contributed by atoms with Crippen LogP contribution in [0.5, 0.6) is 0 Å². The predicted octanol–water partition coefficient (Wildman–Crippen LogP) is 3.69. The van der Waals surface area contributed by atoms with Gasteiger partial charge in [0.1, 0.15) is 6.07 Å². The fourth-order valence-electron chi connectivity index (χ4n) is 2.01. The summed E-state index contributed by atoms with van der Waals surface area (Å²) < 4.78 is 2.76. The highest BCUT2D eigenvalue weighted by Crippen LogP contribution is 2.23. The summed E-state index contributed by atoms with van der Waals surface area (Å²) >= 11 is 3.41. The molecule has 18 heavy (non-hydrogen) atoms. The lowest BCUT2D eigenvalue weighted by molar-refractivity contribution is 0.802. The Hall–Kier alpha value is -1.60. The third-order valence-corrected chi connectivity index (χ3v) is 3.79. The zero-order valence-electron chi connectivity index (χ0n) is 10.7. The molecule has 3 nitrogen and oxygen atoms in total. The maximum absolute atomic E-state index is 8.93. The Balaban J connectivity index is 2.59. The smallest absolute Gasteiger partial charge is 0.100 e. The fourth-order valence-corrected chi connectivity index (χ4v) is 2.46. The fraction of sp³-hybridized carbons (Fsp3) is 0.286. The Morgan fingerprint density at radius 3 is 2.67 bits per heavy atom. The molecule has 0 saturated carbocycles. The van der Waals surface area contributed by atoms with Crippen LogP contribution < -0.4 is 0 Å². The molecule has 1 aromatic heterocycles. The zero-order valence-corrected chi connectivity index (χ0v) is 12.2. The molecule has 0 N–H and O–H groups in total. The van der Waals surface area contributed by atoms with Crippen LogP contribution in [0.4, 0.5) is 0 Å². The molecule has 1 aromatic carbocycles. The molecule has 2 aromatic rings. The molecule has 0 aliphatic carbocycles. The summed E-state index contributed by atoms with van der Waals surface area (Å²) in [5.74, 6) is 0. The standard InChI is InChI=1S/C14H14BrN3/c1-4-14-9(2)10(3)17-18(14)12-6-5-11(8-16)13(15)7-12/h5-7H,4H2,1-3H3. The van der Waals surface area contributed by atoms with Crippen molar-refractivity contribution in [3.05, 3.63) is 45.2 Å². The Morgan fingerprint density at radius 2 is 2.11 bits per heavy atom. The quantitative estimate of drug-likeness (QED) is 0.849. The van der Waals surface area contributed by atoms with Crippen LogP contribution in [0.2, 0.25) is 0 Å². The van der Waals surface area contributed by atoms with Crippen LogP contribution in [-0.2, 0) is 6.42 Å². The van der Waals surface area contributed by atoms with Gasteiger partial charge in [-0.1, -0.05) is 6.92 Å². The summed E-state index contributed by atoms with van der Waals surface area (Å²) in [6.45, 7) is 6.23. The first-order valence-electron chi connectivity index (χ1n) is 5.83. The highest BCUT2D eigenvalue weighted by molar-refractivity contribution is 9.10. The van der Waals surface area contributed by atoms with Gasteiger partial charge in [-0.3, -0.25) is 0 Å². The second-order valence-corrected chi connectivity index (χ2v) is 5.05. The predicted molar refractivity (Wildman–Crippen MR) is 74.8 cm³/mol. The zero-order chi connectivity index (χ0) is 13.3. The molecular formula is C14H14BrN3. The van der Waals surface area contributed by atoms with Crippen molar-refractivity contribution in [3.8, 4) is 11.8 Å². The maximum Gasteiger partial charge on any atom is 0.100 e. The van der Waals surface area contributed by atoms with Crippen molar-refractivity contribution in [1.82, 2.24) is 9.78 Å². The number of hydrogen-bond acceptors (Lipinski definition) is 2. The van der Waals surface area contributed by atoms with E-state index in [1.165, 1.54) is 11.3 Å². The lowest BCUT2D eigenvalue weighted by Crippen LogP contribution is -2.02. The van der Waals surface area contributed by atoms with E-state index < -0.39 is 0 Å². The van der Waals surface area contributed by atoms with Gasteiger partial charge >= 0.3 is 0 Å². The van der Waals surface area contributed by atoms with Crippen LogP contribution in [0.25, 0.3) is 5.69 Å². The van der Waals surface area contributed by atoms with Gasteiger partial charge in [-0.05, 0) is 60.0 Å². The summed E-state index contributed by atoms with van der Waals surface area (Å²) in [6, 6.07) is 7.81. The van der Waals surface area contributed by atoms with Gasteiger partial charge in [0.2, 0.25) is 0 Å². The van der Waals surface area contributed by atoms with E-state index in [1.54, 1.807) is 0 Å². The Kier molecular flexibility index (Phi) is 3.53. The average Bonchev–Trinajstić information content (AvgIpc) is 2.65. The normalized spacial score (nSPS) is 10.4. The number of nitriles is 1. The first kappa shape index (κ1) is 12.8. The van der Waals surface area contributed by atoms with E-state index in [0.717, 1.165) is 22.3 Å². The van der Waals surface area contributed by atoms with Gasteiger partial charge in [-0.2, -0.15) is 10.4 Å². The number of hydrogen-bond donors (Lipinski definition) is 0. The first-order valence-corrected chi connectivity index (χ1v) is 6.63. The maximum atomic E-state index is 8.93. The van der Waals surface area contributed by atoms with E-state index in [2.05, 4.69) is 40.9 Å². The van der Waals surface area contributed by atoms with Crippen molar-refractivity contribution < 1.29 is 0 Å². The van der Waals surface area contributed by atoms with Crippen LogP contribution in [-0.4, -0.2) is 9.78 Å². The number of aromatic nitrogens is 2. The van der Waals surface area contributed by atoms with E-state index in [9.17, 15) is 0 Å². The van der Waals surface area contributed by atoms with Gasteiger partial charge in [-0.25, -0.2) is 4.68 Å². The van der Waals surface area contributed by atoms with Crippen LogP contribution in [0.3, 0.4) is 0 Å². The monoisotopic (exact) mass is 303 g/mol. The van der Waals surface area contributed by atoms with Crippen LogP contribution in [0.1, 0.15) is 29.4 Å². The van der Waals surface area contributed by atoms with Crippen molar-refractivity contribution in [2.24, 2.45) is 0 Å². The highest BCUT2D eigenvalue weighted by atomic mass is 79.9. The Bertz CT molecular complexity index is 635. The minimum Gasteiger partial charge on any atom is -0.237 e. The number of nitrogens with zero attached hydrogens (tertiary/aromatic N) is 3. The van der Waals surface area contributed by atoms with E-state index in [1.807, 2.05) is 29.8 Å². The van der Waals surface area contributed by atoms with Crippen molar-refractivity contribution in [3.63, 3.8) is 0 Å². The van der Waals surface area contributed by atoms with Crippen LogP contribution in [0.15, 0.2) is 22.7 Å². The topological polar surface area (TPSA) is 41.6 Å². The van der Waals surface area contributed by atoms with Crippen molar-refractivity contribution in [2.75, 3.05) is 0 Å². The van der Waals surface area contributed by atoms with E-state index in [0.29, 0.717) is 5.56 Å². The van der Waals surface area contributed by atoms with Crippen LogP contribution in [0, 0.1) is 25.2 Å². The number of rotatable bonds is 2. The SMILES string of the molecule is CCc1c(C)c(C)nn1-c1ccc(C#N)c(Br)c1. The van der Waals surface area contributed by atoms with Gasteiger partial charge in [0.15, 0.2) is 0 Å². The summed E-state index contributed by atoms with van der Waals surface area (Å²) in [7, 11) is 0. The lowest BCUT2D eigenvalue weighted by Gasteiger charge is -2.07. The summed E-state index contributed by atoms with van der Waals surface area (Å²) in [4.78, 5) is 0. The van der Waals surface area contributed by atoms with E-state index in [4.69, 9.17) is 5.26 Å². The van der Waals surface area contributed by atoms with Gasteiger partial charge in [-0.15, -0.1) is 0 Å². The van der Waals surface area contributed by atoms with Gasteiger partial charge in [0.25, 0.3) is 0 Å². The molecule has 0 spiro atoms. The molecule has 0 atom stereocenters. The number of benzene rings is 1. The second-order valence-electron chi connectivity index (χ2n) is 4.20. The van der Waals surface area contributed by atoms with Crippen molar-refractivity contribution >= 4 is 15.9 Å². The van der Waals surface area contributed by atoms with E-state index in [-0.39, 0.29) is 0 Å². The molecule has 92 valence electrons. The van der Waals surface area contributed by atoms with Crippen molar-refractivity contribution in [2.45, 2.75) is 27.2 Å². The second kappa shape index (κ2) is 4.95. The van der Waals surface area contributed by atoms with Crippen LogP contribution >= 0.6 is 15.9 Å². The summed E-state index contributed by atoms with van der Waals surface area (Å²) in [6.07, 6.45) is 0.935. The first-order chi connectivity index (χ1) is 8.58. The van der Waals surface area contributed by atoms with Gasteiger partial charge in [0.05, 0.1) is 16.9 Å². The summed E-state index contributed by atoms with van der Waals surface area (Å²) in [5.41, 5.74) is 5.11. The molecule has 4 heteroatoms. The largest absolute Gasteiger partial charge is 0.237 e. The highest BCUT2D eigenvalue weighted by Gasteiger charge is 2.12. The molecule has 1 heterocycles. The third-order valence-electron chi connectivity index (χ3n) is 3.13. The molecule has 0 radical (unpaired) electrons. The lowest BCUT2D eigenvalue weighted by atomic mass is 10.1. The molecule has 0 fully saturated rings. The molecule has 0 saturated heterocycles. The third kappa shape index (κ3) is 2.06. The Morgan fingerprint density at radius 1 is 1.39 bits per heavy atom. The molecule has 2 rings (SSSR count). The molecule has 0 amide bonds. The number of halogens is 1. The Labute approximate surface area is 115 Å². The van der Waals surface area contributed by atoms with E-state index >= 15 is 0 Å². The molecule has 0 aliphatic heterocycles. The molecule has 0 bridgehead atoms.